The summed E-state index contributed by atoms with van der Waals surface area (Å²) in [5.41, 5.74) is 5.81. The lowest BCUT2D eigenvalue weighted by Crippen LogP contribution is -1.88. The smallest absolute Gasteiger partial charge is 0.0279 e. The molecule has 28 heavy (non-hydrogen) atoms. The average Bonchev–Trinajstić information content (AvgIpc) is 2.68. The Morgan fingerprint density at radius 1 is 0.429 bits per heavy atom. The molecule has 0 saturated carbocycles. The van der Waals surface area contributed by atoms with Gasteiger partial charge in [-0.3, -0.25) is 0 Å². The summed E-state index contributed by atoms with van der Waals surface area (Å²) in [7, 11) is 0. The fourth-order valence-electron chi connectivity index (χ4n) is 4.16. The maximum Gasteiger partial charge on any atom is -0.0279 e. The van der Waals surface area contributed by atoms with Crippen molar-refractivity contribution in [2.75, 3.05) is 0 Å². The Bertz CT molecular complexity index is 582. The van der Waals surface area contributed by atoms with Gasteiger partial charge in [-0.1, -0.05) is 124 Å². The van der Waals surface area contributed by atoms with Gasteiger partial charge >= 0.3 is 0 Å². The number of rotatable bonds is 15. The van der Waals surface area contributed by atoms with Crippen LogP contribution in [0.25, 0.3) is 0 Å². The number of hydrogen-bond donors (Lipinski definition) is 0. The van der Waals surface area contributed by atoms with E-state index in [0.717, 1.165) is 0 Å². The fourth-order valence-corrected chi connectivity index (χ4v) is 4.16. The minimum absolute atomic E-state index is 1.26. The Hall–Kier alpha value is -1.56. The van der Waals surface area contributed by atoms with Crippen LogP contribution in [0.3, 0.4) is 0 Å². The van der Waals surface area contributed by atoms with Crippen molar-refractivity contribution < 1.29 is 0 Å². The van der Waals surface area contributed by atoms with Crippen molar-refractivity contribution >= 4 is 0 Å². The Kier molecular flexibility index (Phi) is 11.7. The summed E-state index contributed by atoms with van der Waals surface area (Å²) < 4.78 is 0. The second-order valence-corrected chi connectivity index (χ2v) is 8.72. The third kappa shape index (κ3) is 10.7. The number of unbranched alkanes of at least 4 members (excludes halogenated alkanes) is 11. The van der Waals surface area contributed by atoms with Gasteiger partial charge in [-0.2, -0.15) is 0 Å². The molecule has 154 valence electrons. The Balaban J connectivity index is 1.31. The molecule has 2 aromatic carbocycles. The third-order valence-electron chi connectivity index (χ3n) is 5.85. The molecule has 2 aromatic rings. The van der Waals surface area contributed by atoms with E-state index in [1.54, 1.807) is 0 Å². The highest BCUT2D eigenvalue weighted by Crippen LogP contribution is 2.15. The van der Waals surface area contributed by atoms with Crippen molar-refractivity contribution in [3.05, 3.63) is 70.8 Å². The number of aryl methyl sites for hydroxylation is 4. The first-order valence-electron chi connectivity index (χ1n) is 11.8. The van der Waals surface area contributed by atoms with Crippen molar-refractivity contribution in [2.24, 2.45) is 0 Å². The van der Waals surface area contributed by atoms with Crippen LogP contribution >= 0.6 is 0 Å². The highest BCUT2D eigenvalue weighted by Gasteiger charge is 1.97. The Morgan fingerprint density at radius 2 is 0.750 bits per heavy atom. The molecular formula is C28H42. The molecule has 2 rings (SSSR count). The predicted octanol–water partition coefficient (Wildman–Crippen LogP) is 8.77. The van der Waals surface area contributed by atoms with E-state index in [-0.39, 0.29) is 0 Å². The molecule has 0 bridgehead atoms. The molecule has 0 N–H and O–H groups in total. The summed E-state index contributed by atoms with van der Waals surface area (Å²) in [6, 6.07) is 18.0. The first kappa shape index (κ1) is 22.7. The highest BCUT2D eigenvalue weighted by molar-refractivity contribution is 5.22. The van der Waals surface area contributed by atoms with Crippen LogP contribution in [0.2, 0.25) is 0 Å². The van der Waals surface area contributed by atoms with Crippen molar-refractivity contribution in [2.45, 2.75) is 104 Å². The lowest BCUT2D eigenvalue weighted by Gasteiger charge is -2.05. The Labute approximate surface area is 174 Å². The van der Waals surface area contributed by atoms with Gasteiger partial charge in [0.15, 0.2) is 0 Å². The molecule has 0 saturated heterocycles. The van der Waals surface area contributed by atoms with Gasteiger partial charge in [0.25, 0.3) is 0 Å². The average molecular weight is 379 g/mol. The molecule has 0 spiro atoms. The molecule has 0 amide bonds. The van der Waals surface area contributed by atoms with E-state index in [1.165, 1.54) is 112 Å². The molecular weight excluding hydrogens is 336 g/mol. The third-order valence-corrected chi connectivity index (χ3v) is 5.85. The van der Waals surface area contributed by atoms with Crippen LogP contribution in [0, 0.1) is 13.8 Å². The van der Waals surface area contributed by atoms with E-state index in [1.807, 2.05) is 0 Å². The van der Waals surface area contributed by atoms with Crippen LogP contribution in [0.4, 0.5) is 0 Å². The van der Waals surface area contributed by atoms with Gasteiger partial charge in [0, 0.05) is 0 Å². The van der Waals surface area contributed by atoms with E-state index in [0.29, 0.717) is 0 Å². The van der Waals surface area contributed by atoms with Gasteiger partial charge in [0.2, 0.25) is 0 Å². The van der Waals surface area contributed by atoms with Gasteiger partial charge in [-0.15, -0.1) is 0 Å². The molecule has 0 radical (unpaired) electrons. The normalized spacial score (nSPS) is 11.1. The maximum atomic E-state index is 2.34. The molecule has 0 aliphatic heterocycles. The van der Waals surface area contributed by atoms with Crippen molar-refractivity contribution in [3.8, 4) is 0 Å². The van der Waals surface area contributed by atoms with E-state index in [2.05, 4.69) is 62.4 Å². The van der Waals surface area contributed by atoms with E-state index < -0.39 is 0 Å². The highest BCUT2D eigenvalue weighted by atomic mass is 14.0. The van der Waals surface area contributed by atoms with Gasteiger partial charge in [0.1, 0.15) is 0 Å². The summed E-state index contributed by atoms with van der Waals surface area (Å²) in [6.45, 7) is 4.38. The van der Waals surface area contributed by atoms with Gasteiger partial charge in [-0.25, -0.2) is 0 Å². The quantitative estimate of drug-likeness (QED) is 0.272. The molecule has 0 fully saturated rings. The van der Waals surface area contributed by atoms with Crippen LogP contribution in [-0.4, -0.2) is 0 Å². The number of hydrogen-bond acceptors (Lipinski definition) is 0. The fraction of sp³-hybridized carbons (Fsp3) is 0.571. The molecule has 0 nitrogen and oxygen atoms in total. The monoisotopic (exact) mass is 378 g/mol. The molecule has 0 unspecified atom stereocenters. The first-order valence-corrected chi connectivity index (χ1v) is 11.8. The zero-order valence-electron chi connectivity index (χ0n) is 18.5. The molecule has 0 heterocycles. The van der Waals surface area contributed by atoms with Crippen LogP contribution in [0.5, 0.6) is 0 Å². The van der Waals surface area contributed by atoms with Gasteiger partial charge in [0.05, 0.1) is 0 Å². The van der Waals surface area contributed by atoms with Gasteiger partial charge < -0.3 is 0 Å². The van der Waals surface area contributed by atoms with E-state index in [9.17, 15) is 0 Å². The summed E-state index contributed by atoms with van der Waals surface area (Å²) in [6.07, 6.45) is 19.5. The summed E-state index contributed by atoms with van der Waals surface area (Å²) in [5, 5.41) is 0. The van der Waals surface area contributed by atoms with E-state index in [4.69, 9.17) is 0 Å². The summed E-state index contributed by atoms with van der Waals surface area (Å²) in [4.78, 5) is 0. The SMILES string of the molecule is Cc1cccc(CCCCCCCCCCCCCCc2cccc(C)c2)c1. The molecule has 0 aliphatic rings. The second-order valence-electron chi connectivity index (χ2n) is 8.72. The molecule has 0 aliphatic carbocycles. The minimum Gasteiger partial charge on any atom is -0.0617 e. The lowest BCUT2D eigenvalue weighted by molar-refractivity contribution is 0.540. The largest absolute Gasteiger partial charge is 0.0617 e. The van der Waals surface area contributed by atoms with E-state index >= 15 is 0 Å². The van der Waals surface area contributed by atoms with Gasteiger partial charge in [-0.05, 0) is 50.7 Å². The second kappa shape index (κ2) is 14.4. The standard InChI is InChI=1S/C28H42/c1-25-17-15-21-27(23-25)19-13-11-9-7-5-3-4-6-8-10-12-14-20-28-22-16-18-26(2)24-28/h15-18,21-24H,3-14,19-20H2,1-2H3. The van der Waals surface area contributed by atoms with Crippen molar-refractivity contribution in [3.63, 3.8) is 0 Å². The minimum atomic E-state index is 1.26. The number of benzene rings is 2. The van der Waals surface area contributed by atoms with Crippen molar-refractivity contribution in [1.82, 2.24) is 0 Å². The first-order chi connectivity index (χ1) is 13.7. The lowest BCUT2D eigenvalue weighted by atomic mass is 10.0. The summed E-state index contributed by atoms with van der Waals surface area (Å²) in [5.74, 6) is 0. The summed E-state index contributed by atoms with van der Waals surface area (Å²) >= 11 is 0. The molecule has 0 atom stereocenters. The molecule has 0 aromatic heterocycles. The topological polar surface area (TPSA) is 0 Å². The van der Waals surface area contributed by atoms with Crippen LogP contribution in [-0.2, 0) is 12.8 Å². The zero-order chi connectivity index (χ0) is 19.9. The predicted molar refractivity (Wildman–Crippen MR) is 125 cm³/mol. The van der Waals surface area contributed by atoms with Crippen LogP contribution < -0.4 is 0 Å². The zero-order valence-corrected chi connectivity index (χ0v) is 18.5. The van der Waals surface area contributed by atoms with Crippen LogP contribution in [0.1, 0.15) is 99.3 Å². The van der Waals surface area contributed by atoms with Crippen molar-refractivity contribution in [1.29, 1.82) is 0 Å². The van der Waals surface area contributed by atoms with Crippen LogP contribution in [0.15, 0.2) is 48.5 Å². The molecule has 0 heteroatoms. The maximum absolute atomic E-state index is 2.34. The Morgan fingerprint density at radius 3 is 1.07 bits per heavy atom.